The third kappa shape index (κ3) is 2.64. The molecule has 1 aromatic carbocycles. The number of carbonyl (C=O) groups is 2. The van der Waals surface area contributed by atoms with Gasteiger partial charge in [0.25, 0.3) is 0 Å². The zero-order chi connectivity index (χ0) is 14.7. The van der Waals surface area contributed by atoms with E-state index in [4.69, 9.17) is 5.11 Å². The van der Waals surface area contributed by atoms with Crippen LogP contribution < -0.4 is 5.32 Å². The van der Waals surface area contributed by atoms with E-state index < -0.39 is 5.97 Å². The number of aryl methyl sites for hydroxylation is 1. The van der Waals surface area contributed by atoms with Gasteiger partial charge in [0.2, 0.25) is 5.91 Å². The predicted molar refractivity (Wildman–Crippen MR) is 74.7 cm³/mol. The molecule has 6 nitrogen and oxygen atoms in total. The van der Waals surface area contributed by atoms with Crippen molar-refractivity contribution in [1.82, 2.24) is 14.9 Å². The minimum atomic E-state index is -1.02. The quantitative estimate of drug-likeness (QED) is 0.867. The van der Waals surface area contributed by atoms with Crippen LogP contribution in [0.25, 0.3) is 11.0 Å². The Morgan fingerprint density at radius 3 is 2.80 bits per heavy atom. The first-order chi connectivity index (χ1) is 9.54. The molecular weight excluding hydrogens is 258 g/mol. The van der Waals surface area contributed by atoms with E-state index in [1.807, 2.05) is 6.92 Å². The van der Waals surface area contributed by atoms with Crippen LogP contribution >= 0.6 is 0 Å². The lowest BCUT2D eigenvalue weighted by atomic mass is 10.2. The fraction of sp³-hybridized carbons (Fsp3) is 0.357. The van der Waals surface area contributed by atoms with Crippen LogP contribution in [-0.4, -0.2) is 33.1 Å². The number of amides is 1. The average Bonchev–Trinajstić information content (AvgIpc) is 2.72. The molecule has 0 saturated carbocycles. The predicted octanol–water partition coefficient (Wildman–Crippen LogP) is 1.57. The van der Waals surface area contributed by atoms with Crippen molar-refractivity contribution in [3.8, 4) is 0 Å². The lowest BCUT2D eigenvalue weighted by Crippen LogP contribution is -2.28. The largest absolute Gasteiger partial charge is 0.478 e. The van der Waals surface area contributed by atoms with Gasteiger partial charge in [-0.05, 0) is 25.5 Å². The van der Waals surface area contributed by atoms with Crippen molar-refractivity contribution in [1.29, 1.82) is 0 Å². The summed E-state index contributed by atoms with van der Waals surface area (Å²) < 4.78 is 1.73. The monoisotopic (exact) mass is 275 g/mol. The first kappa shape index (κ1) is 14.0. The summed E-state index contributed by atoms with van der Waals surface area (Å²) in [5, 5.41) is 11.9. The highest BCUT2D eigenvalue weighted by Crippen LogP contribution is 2.20. The summed E-state index contributed by atoms with van der Waals surface area (Å²) in [5.41, 5.74) is 1.23. The maximum atomic E-state index is 11.8. The van der Waals surface area contributed by atoms with Crippen LogP contribution in [0.2, 0.25) is 0 Å². The highest BCUT2D eigenvalue weighted by Gasteiger charge is 2.16. The number of benzene rings is 1. The zero-order valence-corrected chi connectivity index (χ0v) is 11.5. The molecule has 2 aromatic rings. The molecule has 0 aliphatic carbocycles. The van der Waals surface area contributed by atoms with Crippen molar-refractivity contribution in [2.75, 3.05) is 6.54 Å². The number of nitrogens with one attached hydrogen (secondary N) is 1. The van der Waals surface area contributed by atoms with Crippen molar-refractivity contribution in [2.24, 2.45) is 0 Å². The van der Waals surface area contributed by atoms with Crippen molar-refractivity contribution in [2.45, 2.75) is 26.8 Å². The van der Waals surface area contributed by atoms with E-state index >= 15 is 0 Å². The van der Waals surface area contributed by atoms with Crippen LogP contribution in [0.4, 0.5) is 0 Å². The van der Waals surface area contributed by atoms with E-state index in [2.05, 4.69) is 10.3 Å². The standard InChI is InChI=1S/C14H17N3O3/c1-3-7-15-12(18)8-17-9(2)16-13-10(14(19)20)5-4-6-11(13)17/h4-6H,3,7-8H2,1-2H3,(H,15,18)(H,19,20). The smallest absolute Gasteiger partial charge is 0.337 e. The highest BCUT2D eigenvalue weighted by molar-refractivity contribution is 6.01. The number of aromatic nitrogens is 2. The number of hydrogen-bond acceptors (Lipinski definition) is 3. The molecule has 0 aliphatic heterocycles. The lowest BCUT2D eigenvalue weighted by Gasteiger charge is -2.07. The van der Waals surface area contributed by atoms with Gasteiger partial charge in [-0.3, -0.25) is 4.79 Å². The van der Waals surface area contributed by atoms with Gasteiger partial charge in [-0.2, -0.15) is 0 Å². The first-order valence-electron chi connectivity index (χ1n) is 6.50. The SMILES string of the molecule is CCCNC(=O)Cn1c(C)nc2c(C(=O)O)cccc21. The minimum Gasteiger partial charge on any atom is -0.478 e. The van der Waals surface area contributed by atoms with E-state index in [0.29, 0.717) is 23.4 Å². The average molecular weight is 275 g/mol. The molecule has 2 N–H and O–H groups in total. The fourth-order valence-corrected chi connectivity index (χ4v) is 2.10. The Bertz CT molecular complexity index is 661. The molecule has 0 aliphatic rings. The normalized spacial score (nSPS) is 10.7. The van der Waals surface area contributed by atoms with Gasteiger partial charge in [0, 0.05) is 6.54 Å². The number of imidazole rings is 1. The van der Waals surface area contributed by atoms with Gasteiger partial charge in [0.15, 0.2) is 0 Å². The Balaban J connectivity index is 2.39. The topological polar surface area (TPSA) is 84.2 Å². The number of hydrogen-bond donors (Lipinski definition) is 2. The number of carboxylic acids is 1. The molecule has 1 amide bonds. The van der Waals surface area contributed by atoms with Gasteiger partial charge in [0.05, 0.1) is 11.1 Å². The van der Waals surface area contributed by atoms with E-state index in [1.165, 1.54) is 6.07 Å². The summed E-state index contributed by atoms with van der Waals surface area (Å²) in [6.45, 7) is 4.52. The maximum absolute atomic E-state index is 11.8. The summed E-state index contributed by atoms with van der Waals surface area (Å²) in [7, 11) is 0. The van der Waals surface area contributed by atoms with Crippen LogP contribution in [0.1, 0.15) is 29.5 Å². The van der Waals surface area contributed by atoms with Crippen molar-refractivity contribution in [3.63, 3.8) is 0 Å². The van der Waals surface area contributed by atoms with Crippen LogP contribution in [0.5, 0.6) is 0 Å². The summed E-state index contributed by atoms with van der Waals surface area (Å²) in [4.78, 5) is 27.2. The molecule has 2 rings (SSSR count). The summed E-state index contributed by atoms with van der Waals surface area (Å²) >= 11 is 0. The van der Waals surface area contributed by atoms with Gasteiger partial charge in [-0.25, -0.2) is 9.78 Å². The molecule has 106 valence electrons. The van der Waals surface area contributed by atoms with Crippen LogP contribution in [0.15, 0.2) is 18.2 Å². The summed E-state index contributed by atoms with van der Waals surface area (Å²) in [6, 6.07) is 4.95. The molecule has 0 saturated heterocycles. The number of fused-ring (bicyclic) bond motifs is 1. The second kappa shape index (κ2) is 5.73. The molecular formula is C14H17N3O3. The number of carbonyl (C=O) groups excluding carboxylic acids is 1. The molecule has 0 bridgehead atoms. The van der Waals surface area contributed by atoms with Crippen molar-refractivity contribution < 1.29 is 14.7 Å². The maximum Gasteiger partial charge on any atom is 0.337 e. The Labute approximate surface area is 116 Å². The molecule has 0 fully saturated rings. The number of carboxylic acid groups (broad SMARTS) is 1. The molecule has 20 heavy (non-hydrogen) atoms. The van der Waals surface area contributed by atoms with Crippen molar-refractivity contribution in [3.05, 3.63) is 29.6 Å². The van der Waals surface area contributed by atoms with Crippen LogP contribution in [0, 0.1) is 6.92 Å². The highest BCUT2D eigenvalue weighted by atomic mass is 16.4. The fourth-order valence-electron chi connectivity index (χ4n) is 2.10. The molecule has 1 aromatic heterocycles. The molecule has 6 heteroatoms. The third-order valence-electron chi connectivity index (χ3n) is 3.07. The third-order valence-corrected chi connectivity index (χ3v) is 3.07. The van der Waals surface area contributed by atoms with Crippen LogP contribution in [-0.2, 0) is 11.3 Å². The van der Waals surface area contributed by atoms with Gasteiger partial charge in [0.1, 0.15) is 17.9 Å². The minimum absolute atomic E-state index is 0.102. The Hall–Kier alpha value is -2.37. The Kier molecular flexibility index (Phi) is 4.02. The van der Waals surface area contributed by atoms with Gasteiger partial charge in [-0.15, -0.1) is 0 Å². The van der Waals surface area contributed by atoms with E-state index in [1.54, 1.807) is 23.6 Å². The zero-order valence-electron chi connectivity index (χ0n) is 11.5. The Morgan fingerprint density at radius 1 is 1.40 bits per heavy atom. The van der Waals surface area contributed by atoms with Gasteiger partial charge < -0.3 is 15.0 Å². The number of aromatic carboxylic acids is 1. The second-order valence-corrected chi connectivity index (χ2v) is 4.57. The molecule has 0 spiro atoms. The Morgan fingerprint density at radius 2 is 2.15 bits per heavy atom. The number of para-hydroxylation sites is 1. The lowest BCUT2D eigenvalue weighted by molar-refractivity contribution is -0.121. The molecule has 0 radical (unpaired) electrons. The van der Waals surface area contributed by atoms with E-state index in [-0.39, 0.29) is 18.0 Å². The van der Waals surface area contributed by atoms with Gasteiger partial charge >= 0.3 is 5.97 Å². The number of rotatable bonds is 5. The van der Waals surface area contributed by atoms with Crippen molar-refractivity contribution >= 4 is 22.9 Å². The first-order valence-corrected chi connectivity index (χ1v) is 6.50. The summed E-state index contributed by atoms with van der Waals surface area (Å²) in [6.07, 6.45) is 0.874. The summed E-state index contributed by atoms with van der Waals surface area (Å²) in [5.74, 6) is -0.494. The molecule has 1 heterocycles. The second-order valence-electron chi connectivity index (χ2n) is 4.57. The number of nitrogens with zero attached hydrogens (tertiary/aromatic N) is 2. The van der Waals surface area contributed by atoms with Crippen LogP contribution in [0.3, 0.4) is 0 Å². The van der Waals surface area contributed by atoms with E-state index in [9.17, 15) is 9.59 Å². The van der Waals surface area contributed by atoms with Gasteiger partial charge in [-0.1, -0.05) is 13.0 Å². The van der Waals surface area contributed by atoms with E-state index in [0.717, 1.165) is 6.42 Å². The molecule has 0 atom stereocenters. The molecule has 0 unspecified atom stereocenters.